The second kappa shape index (κ2) is 3.05. The lowest BCUT2D eigenvalue weighted by Crippen LogP contribution is -2.32. The SMILES string of the molecule is [CH2]N([CH2])C(C)N([CH2])[CH2]. The van der Waals surface area contributed by atoms with Gasteiger partial charge in [-0.15, -0.1) is 0 Å². The van der Waals surface area contributed by atoms with Gasteiger partial charge in [-0.1, -0.05) is 0 Å². The average molecular weight is 112 g/mol. The molecule has 0 heterocycles. The largest absolute Gasteiger partial charge is 0.286 e. The van der Waals surface area contributed by atoms with E-state index in [1.54, 1.807) is 9.80 Å². The first-order valence-corrected chi connectivity index (χ1v) is 2.36. The van der Waals surface area contributed by atoms with Crippen LogP contribution in [0, 0.1) is 28.2 Å². The molecule has 2 nitrogen and oxygen atoms in total. The molecule has 8 heavy (non-hydrogen) atoms. The molecule has 0 saturated carbocycles. The normalized spacial score (nSPS) is 12.0. The second-order valence-corrected chi connectivity index (χ2v) is 1.81. The summed E-state index contributed by atoms with van der Waals surface area (Å²) in [6, 6.07) is 0. The van der Waals surface area contributed by atoms with Crippen molar-refractivity contribution < 1.29 is 0 Å². The van der Waals surface area contributed by atoms with Crippen molar-refractivity contribution in [1.82, 2.24) is 9.80 Å². The Labute approximate surface area is 52.1 Å². The summed E-state index contributed by atoms with van der Waals surface area (Å²) in [6.07, 6.45) is 0.0926. The molecule has 0 fully saturated rings. The van der Waals surface area contributed by atoms with Crippen LogP contribution < -0.4 is 0 Å². The number of rotatable bonds is 2. The van der Waals surface area contributed by atoms with E-state index in [-0.39, 0.29) is 6.17 Å². The first-order valence-electron chi connectivity index (χ1n) is 2.36. The van der Waals surface area contributed by atoms with Gasteiger partial charge in [-0.2, -0.15) is 0 Å². The Bertz CT molecular complexity index is 51.5. The van der Waals surface area contributed by atoms with Gasteiger partial charge in [0.1, 0.15) is 0 Å². The van der Waals surface area contributed by atoms with Crippen LogP contribution in [0.25, 0.3) is 0 Å². The smallest absolute Gasteiger partial charge is 0.0595 e. The molecule has 0 aliphatic rings. The maximum atomic E-state index is 3.56. The lowest BCUT2D eigenvalue weighted by atomic mass is 10.5. The molecule has 0 aromatic carbocycles. The van der Waals surface area contributed by atoms with Crippen molar-refractivity contribution in [2.24, 2.45) is 0 Å². The summed E-state index contributed by atoms with van der Waals surface area (Å²) in [6.45, 7) is 1.92. The molecule has 0 bridgehead atoms. The van der Waals surface area contributed by atoms with E-state index in [0.717, 1.165) is 0 Å². The molecule has 0 rings (SSSR count). The van der Waals surface area contributed by atoms with Gasteiger partial charge in [-0.25, -0.2) is 0 Å². The molecule has 0 aliphatic heterocycles. The zero-order chi connectivity index (χ0) is 6.73. The monoisotopic (exact) mass is 112 g/mol. The molecule has 0 atom stereocenters. The number of nitrogens with zero attached hydrogens (tertiary/aromatic N) is 2. The molecule has 0 aromatic rings. The maximum absolute atomic E-state index is 3.56. The van der Waals surface area contributed by atoms with Gasteiger partial charge < -0.3 is 0 Å². The van der Waals surface area contributed by atoms with Crippen molar-refractivity contribution in [2.75, 3.05) is 0 Å². The molecule has 0 amide bonds. The third kappa shape index (κ3) is 2.28. The zero-order valence-corrected chi connectivity index (χ0v) is 5.30. The lowest BCUT2D eigenvalue weighted by molar-refractivity contribution is 0.217. The van der Waals surface area contributed by atoms with Crippen molar-refractivity contribution in [3.05, 3.63) is 28.2 Å². The fourth-order valence-corrected chi connectivity index (χ4v) is 0.231. The molecular formula is C6H12N2. The summed E-state index contributed by atoms with van der Waals surface area (Å²) >= 11 is 0. The third-order valence-corrected chi connectivity index (χ3v) is 1.06. The number of hydrogen-bond donors (Lipinski definition) is 0. The van der Waals surface area contributed by atoms with Gasteiger partial charge in [0.05, 0.1) is 6.17 Å². The average Bonchev–Trinajstić information content (AvgIpc) is 1.64. The Morgan fingerprint density at radius 3 is 1.25 bits per heavy atom. The summed E-state index contributed by atoms with van der Waals surface area (Å²) in [5.74, 6) is 0. The van der Waals surface area contributed by atoms with E-state index in [1.165, 1.54) is 0 Å². The first-order chi connectivity index (χ1) is 3.55. The van der Waals surface area contributed by atoms with E-state index < -0.39 is 0 Å². The highest BCUT2D eigenvalue weighted by Crippen LogP contribution is 1.97. The van der Waals surface area contributed by atoms with E-state index in [4.69, 9.17) is 0 Å². The van der Waals surface area contributed by atoms with Crippen LogP contribution >= 0.6 is 0 Å². The fraction of sp³-hybridized carbons (Fsp3) is 0.333. The van der Waals surface area contributed by atoms with Crippen molar-refractivity contribution in [3.63, 3.8) is 0 Å². The van der Waals surface area contributed by atoms with Gasteiger partial charge in [-0.05, 0) is 6.92 Å². The number of hydrogen-bond acceptors (Lipinski definition) is 2. The van der Waals surface area contributed by atoms with Gasteiger partial charge >= 0.3 is 0 Å². The molecule has 0 aromatic heterocycles. The van der Waals surface area contributed by atoms with Crippen LogP contribution in [0.15, 0.2) is 0 Å². The highest BCUT2D eigenvalue weighted by molar-refractivity contribution is 4.65. The zero-order valence-electron chi connectivity index (χ0n) is 5.30. The molecule has 0 saturated heterocycles. The topological polar surface area (TPSA) is 6.48 Å². The summed E-state index contributed by atoms with van der Waals surface area (Å²) in [5.41, 5.74) is 0. The summed E-state index contributed by atoms with van der Waals surface area (Å²) in [7, 11) is 14.2. The van der Waals surface area contributed by atoms with Crippen LogP contribution in [0.2, 0.25) is 0 Å². The quantitative estimate of drug-likeness (QED) is 0.493. The molecule has 0 unspecified atom stereocenters. The Morgan fingerprint density at radius 1 is 1.00 bits per heavy atom. The maximum Gasteiger partial charge on any atom is 0.0595 e. The highest BCUT2D eigenvalue weighted by Gasteiger charge is 2.04. The summed E-state index contributed by atoms with van der Waals surface area (Å²) < 4.78 is 0. The van der Waals surface area contributed by atoms with Crippen molar-refractivity contribution in [3.8, 4) is 0 Å². The van der Waals surface area contributed by atoms with Crippen molar-refractivity contribution in [2.45, 2.75) is 13.1 Å². The third-order valence-electron chi connectivity index (χ3n) is 1.06. The van der Waals surface area contributed by atoms with Gasteiger partial charge in [0.2, 0.25) is 0 Å². The predicted molar refractivity (Wildman–Crippen MR) is 34.6 cm³/mol. The molecule has 0 spiro atoms. The van der Waals surface area contributed by atoms with Gasteiger partial charge in [0, 0.05) is 28.2 Å². The van der Waals surface area contributed by atoms with Crippen LogP contribution in [0.3, 0.4) is 0 Å². The van der Waals surface area contributed by atoms with Crippen LogP contribution in [0.4, 0.5) is 0 Å². The van der Waals surface area contributed by atoms with E-state index in [2.05, 4.69) is 28.2 Å². The first kappa shape index (κ1) is 7.92. The van der Waals surface area contributed by atoms with Crippen molar-refractivity contribution in [1.29, 1.82) is 0 Å². The van der Waals surface area contributed by atoms with Gasteiger partial charge in [0.15, 0.2) is 0 Å². The van der Waals surface area contributed by atoms with Crippen LogP contribution in [-0.4, -0.2) is 16.0 Å². The fourth-order valence-electron chi connectivity index (χ4n) is 0.231. The lowest BCUT2D eigenvalue weighted by Gasteiger charge is -2.25. The summed E-state index contributed by atoms with van der Waals surface area (Å²) in [5, 5.41) is 0. The van der Waals surface area contributed by atoms with Crippen LogP contribution in [0.5, 0.6) is 0 Å². The molecule has 2 heteroatoms. The Kier molecular flexibility index (Phi) is 3.02. The molecule has 0 aliphatic carbocycles. The Morgan fingerprint density at radius 2 is 1.25 bits per heavy atom. The molecular weight excluding hydrogens is 100 g/mol. The Hall–Kier alpha value is -0.0800. The van der Waals surface area contributed by atoms with Crippen LogP contribution in [0.1, 0.15) is 6.92 Å². The van der Waals surface area contributed by atoms with Crippen molar-refractivity contribution >= 4 is 0 Å². The summed E-state index contributed by atoms with van der Waals surface area (Å²) in [4.78, 5) is 3.08. The molecule has 46 valence electrons. The van der Waals surface area contributed by atoms with Gasteiger partial charge in [-0.3, -0.25) is 9.80 Å². The minimum absolute atomic E-state index is 0.0926. The predicted octanol–water partition coefficient (Wildman–Crippen LogP) is 1.10. The standard InChI is InChI=1S/C6H12N2/c1-6(7(2)3)8(4)5/h6H,2-5H2,1H3. The van der Waals surface area contributed by atoms with Crippen LogP contribution in [-0.2, 0) is 0 Å². The van der Waals surface area contributed by atoms with Gasteiger partial charge in [0.25, 0.3) is 0 Å². The highest BCUT2D eigenvalue weighted by atomic mass is 15.3. The van der Waals surface area contributed by atoms with E-state index in [9.17, 15) is 0 Å². The van der Waals surface area contributed by atoms with E-state index >= 15 is 0 Å². The molecule has 0 N–H and O–H groups in total. The minimum atomic E-state index is 0.0926. The van der Waals surface area contributed by atoms with E-state index in [1.807, 2.05) is 6.92 Å². The second-order valence-electron chi connectivity index (χ2n) is 1.81. The molecule has 4 radical (unpaired) electrons. The Balaban J connectivity index is 3.46. The van der Waals surface area contributed by atoms with E-state index in [0.29, 0.717) is 0 Å². The minimum Gasteiger partial charge on any atom is -0.286 e.